The number of Topliss-reactive ketones (excluding diaryl/α,β-unsaturated/α-hetero) is 1. The van der Waals surface area contributed by atoms with Crippen LogP contribution in [0.2, 0.25) is 5.02 Å². The van der Waals surface area contributed by atoms with Crippen molar-refractivity contribution in [3.63, 3.8) is 0 Å². The monoisotopic (exact) mass is 306 g/mol. The lowest BCUT2D eigenvalue weighted by atomic mass is 10.0. The molecular weight excluding hydrogens is 292 g/mol. The van der Waals surface area contributed by atoms with Crippen molar-refractivity contribution in [1.29, 1.82) is 0 Å². The molecule has 0 atom stereocenters. The number of rotatable bonds is 3. The molecule has 5 heteroatoms. The number of aryl methyl sites for hydroxylation is 1. The largest absolute Gasteiger partial charge is 0.347 e. The first-order valence-electron chi connectivity index (χ1n) is 6.62. The number of ketones is 1. The van der Waals surface area contributed by atoms with Gasteiger partial charge in [-0.1, -0.05) is 35.1 Å². The Bertz CT molecular complexity index is 653. The normalized spacial score (nSPS) is 14.2. The summed E-state index contributed by atoms with van der Waals surface area (Å²) >= 11 is 7.51. The number of carbonyl (C=O) groups excluding carboxylic acids is 1. The highest BCUT2D eigenvalue weighted by Gasteiger charge is 2.23. The van der Waals surface area contributed by atoms with Crippen molar-refractivity contribution < 1.29 is 4.79 Å². The lowest BCUT2D eigenvalue weighted by Gasteiger charge is -2.15. The van der Waals surface area contributed by atoms with Gasteiger partial charge in [0.25, 0.3) is 0 Å². The van der Waals surface area contributed by atoms with E-state index < -0.39 is 0 Å². The van der Waals surface area contributed by atoms with Crippen LogP contribution in [0.5, 0.6) is 0 Å². The number of thiazole rings is 1. The predicted molar refractivity (Wildman–Crippen MR) is 82.9 cm³/mol. The molecule has 1 aliphatic rings. The molecule has 3 nitrogen and oxygen atoms in total. The molecule has 1 heterocycles. The SMILES string of the molecule is CN(Cc1cccc(Cl)c1)c1nc2c(s1)C(=O)CCC2. The number of anilines is 1. The zero-order valence-corrected chi connectivity index (χ0v) is 12.8. The van der Waals surface area contributed by atoms with E-state index in [4.69, 9.17) is 11.6 Å². The van der Waals surface area contributed by atoms with Crippen LogP contribution in [-0.2, 0) is 13.0 Å². The van der Waals surface area contributed by atoms with E-state index in [0.29, 0.717) is 6.42 Å². The van der Waals surface area contributed by atoms with Gasteiger partial charge >= 0.3 is 0 Å². The molecule has 1 aliphatic carbocycles. The summed E-state index contributed by atoms with van der Waals surface area (Å²) in [6, 6.07) is 7.81. The van der Waals surface area contributed by atoms with Crippen LogP contribution in [0.4, 0.5) is 5.13 Å². The van der Waals surface area contributed by atoms with Crippen molar-refractivity contribution in [1.82, 2.24) is 4.98 Å². The van der Waals surface area contributed by atoms with Crippen molar-refractivity contribution >= 4 is 33.9 Å². The van der Waals surface area contributed by atoms with E-state index in [0.717, 1.165) is 45.7 Å². The first-order valence-corrected chi connectivity index (χ1v) is 7.81. The van der Waals surface area contributed by atoms with Gasteiger partial charge in [0.05, 0.1) is 10.6 Å². The third kappa shape index (κ3) is 2.72. The van der Waals surface area contributed by atoms with E-state index in [9.17, 15) is 4.79 Å². The van der Waals surface area contributed by atoms with E-state index in [-0.39, 0.29) is 5.78 Å². The summed E-state index contributed by atoms with van der Waals surface area (Å²) in [6.45, 7) is 0.737. The lowest BCUT2D eigenvalue weighted by Crippen LogP contribution is -2.16. The predicted octanol–water partition coefficient (Wildman–Crippen LogP) is 3.95. The zero-order chi connectivity index (χ0) is 14.1. The Morgan fingerprint density at radius 3 is 3.00 bits per heavy atom. The topological polar surface area (TPSA) is 33.2 Å². The molecule has 0 N–H and O–H groups in total. The molecule has 104 valence electrons. The summed E-state index contributed by atoms with van der Waals surface area (Å²) in [7, 11) is 2.00. The Morgan fingerprint density at radius 2 is 2.25 bits per heavy atom. The number of benzene rings is 1. The molecule has 0 spiro atoms. The number of hydrogen-bond donors (Lipinski definition) is 0. The summed E-state index contributed by atoms with van der Waals surface area (Å²) in [5.74, 6) is 0.242. The minimum Gasteiger partial charge on any atom is -0.347 e. The van der Waals surface area contributed by atoms with Gasteiger partial charge in [0.1, 0.15) is 0 Å². The summed E-state index contributed by atoms with van der Waals surface area (Å²) in [6.07, 6.45) is 2.50. The summed E-state index contributed by atoms with van der Waals surface area (Å²) < 4.78 is 0. The van der Waals surface area contributed by atoms with Gasteiger partial charge in [-0.05, 0) is 30.5 Å². The first-order chi connectivity index (χ1) is 9.63. The number of carbonyl (C=O) groups is 1. The van der Waals surface area contributed by atoms with Crippen LogP contribution >= 0.6 is 22.9 Å². The molecule has 1 aromatic heterocycles. The van der Waals surface area contributed by atoms with Crippen LogP contribution in [0.1, 0.15) is 33.8 Å². The number of halogens is 1. The van der Waals surface area contributed by atoms with Crippen LogP contribution in [-0.4, -0.2) is 17.8 Å². The number of hydrogen-bond acceptors (Lipinski definition) is 4. The fourth-order valence-electron chi connectivity index (χ4n) is 2.40. The van der Waals surface area contributed by atoms with E-state index in [1.165, 1.54) is 11.3 Å². The average Bonchev–Trinajstić information content (AvgIpc) is 2.84. The second-order valence-corrected chi connectivity index (χ2v) is 6.45. The standard InChI is InChI=1S/C15H15ClN2OS/c1-18(9-10-4-2-5-11(16)8-10)15-17-12-6-3-7-13(19)14(12)20-15/h2,4-5,8H,3,6-7,9H2,1H3. The van der Waals surface area contributed by atoms with Crippen molar-refractivity contribution in [2.24, 2.45) is 0 Å². The minimum atomic E-state index is 0.242. The van der Waals surface area contributed by atoms with Gasteiger partial charge < -0.3 is 4.90 Å². The quantitative estimate of drug-likeness (QED) is 0.861. The fourth-order valence-corrected chi connectivity index (χ4v) is 3.65. The van der Waals surface area contributed by atoms with Crippen molar-refractivity contribution in [2.75, 3.05) is 11.9 Å². The molecule has 0 saturated heterocycles. The summed E-state index contributed by atoms with van der Waals surface area (Å²) in [4.78, 5) is 19.4. The maximum atomic E-state index is 11.9. The molecule has 0 unspecified atom stereocenters. The zero-order valence-electron chi connectivity index (χ0n) is 11.2. The molecular formula is C15H15ClN2OS. The third-order valence-electron chi connectivity index (χ3n) is 3.39. The maximum absolute atomic E-state index is 11.9. The van der Waals surface area contributed by atoms with Crippen LogP contribution in [0.25, 0.3) is 0 Å². The highest BCUT2D eigenvalue weighted by Crippen LogP contribution is 2.31. The molecule has 2 aromatic rings. The van der Waals surface area contributed by atoms with Gasteiger partial charge in [-0.2, -0.15) is 0 Å². The van der Waals surface area contributed by atoms with E-state index >= 15 is 0 Å². The fraction of sp³-hybridized carbons (Fsp3) is 0.333. The first kappa shape index (κ1) is 13.6. The molecule has 0 amide bonds. The Hall–Kier alpha value is -1.39. The second-order valence-electron chi connectivity index (χ2n) is 5.03. The van der Waals surface area contributed by atoms with Gasteiger partial charge in [-0.25, -0.2) is 4.98 Å². The summed E-state index contributed by atoms with van der Waals surface area (Å²) in [5, 5.41) is 1.65. The van der Waals surface area contributed by atoms with E-state index in [1.54, 1.807) is 0 Å². The average molecular weight is 307 g/mol. The van der Waals surface area contributed by atoms with Crippen LogP contribution in [0.3, 0.4) is 0 Å². The van der Waals surface area contributed by atoms with Crippen molar-refractivity contribution in [3.8, 4) is 0 Å². The molecule has 0 fully saturated rings. The van der Waals surface area contributed by atoms with Crippen molar-refractivity contribution in [3.05, 3.63) is 45.4 Å². The van der Waals surface area contributed by atoms with Gasteiger partial charge in [0.2, 0.25) is 0 Å². The Balaban J connectivity index is 1.81. The highest BCUT2D eigenvalue weighted by atomic mass is 35.5. The number of nitrogens with zero attached hydrogens (tertiary/aromatic N) is 2. The molecule has 20 heavy (non-hydrogen) atoms. The molecule has 0 saturated carbocycles. The molecule has 1 aromatic carbocycles. The number of fused-ring (bicyclic) bond motifs is 1. The molecule has 3 rings (SSSR count). The van der Waals surface area contributed by atoms with Crippen molar-refractivity contribution in [2.45, 2.75) is 25.8 Å². The maximum Gasteiger partial charge on any atom is 0.186 e. The van der Waals surface area contributed by atoms with Gasteiger partial charge in [-0.3, -0.25) is 4.79 Å². The van der Waals surface area contributed by atoms with E-state index in [2.05, 4.69) is 9.88 Å². The van der Waals surface area contributed by atoms with Crippen LogP contribution in [0.15, 0.2) is 24.3 Å². The minimum absolute atomic E-state index is 0.242. The summed E-state index contributed by atoms with van der Waals surface area (Å²) in [5.41, 5.74) is 2.11. The molecule has 0 bridgehead atoms. The Kier molecular flexibility index (Phi) is 3.76. The van der Waals surface area contributed by atoms with E-state index in [1.807, 2.05) is 31.3 Å². The lowest BCUT2D eigenvalue weighted by molar-refractivity contribution is 0.0976. The van der Waals surface area contributed by atoms with Gasteiger partial charge in [-0.15, -0.1) is 0 Å². The molecule has 0 radical (unpaired) electrons. The van der Waals surface area contributed by atoms with Gasteiger partial charge in [0.15, 0.2) is 10.9 Å². The van der Waals surface area contributed by atoms with Gasteiger partial charge in [0, 0.05) is 25.0 Å². The smallest absolute Gasteiger partial charge is 0.186 e. The highest BCUT2D eigenvalue weighted by molar-refractivity contribution is 7.17. The molecule has 0 aliphatic heterocycles. The number of aromatic nitrogens is 1. The third-order valence-corrected chi connectivity index (χ3v) is 4.88. The Morgan fingerprint density at radius 1 is 1.40 bits per heavy atom. The Labute approximate surface area is 127 Å². The van der Waals surface area contributed by atoms with Crippen LogP contribution < -0.4 is 4.90 Å². The van der Waals surface area contributed by atoms with Crippen LogP contribution in [0, 0.1) is 0 Å². The second kappa shape index (κ2) is 5.54.